The number of hydrogen-bond donors (Lipinski definition) is 2. The molecule has 0 radical (unpaired) electrons. The Morgan fingerprint density at radius 2 is 1.74 bits per heavy atom. The molecule has 3 aromatic heterocycles. The highest BCUT2D eigenvalue weighted by Crippen LogP contribution is 2.23. The molecule has 2 aromatic carbocycles. The second-order valence-electron chi connectivity index (χ2n) is 11.2. The molecule has 3 heterocycles. The number of aromatic nitrogens is 5. The number of pyridine rings is 1. The van der Waals surface area contributed by atoms with Gasteiger partial charge in [0.15, 0.2) is 0 Å². The molecule has 47 heavy (non-hydrogen) atoms. The summed E-state index contributed by atoms with van der Waals surface area (Å²) in [7, 11) is 1.87. The molecule has 0 saturated heterocycles. The van der Waals surface area contributed by atoms with Crippen molar-refractivity contribution < 1.29 is 4.79 Å². The highest BCUT2D eigenvalue weighted by molar-refractivity contribution is 5.92. The van der Waals surface area contributed by atoms with Gasteiger partial charge >= 0.3 is 6.03 Å². The predicted octanol–water partition coefficient (Wildman–Crippen LogP) is 7.49. The average Bonchev–Trinajstić information content (AvgIpc) is 3.55. The Bertz CT molecular complexity index is 1800. The number of unbranched alkanes of at least 4 members (excludes halogenated alkanes) is 1. The van der Waals surface area contributed by atoms with Crippen molar-refractivity contribution in [2.24, 2.45) is 7.05 Å². The first-order valence-corrected chi connectivity index (χ1v) is 15.9. The van der Waals surface area contributed by atoms with Crippen LogP contribution in [-0.2, 0) is 13.6 Å². The standard InChI is InChI=1S/C37H39N9O/c1-3-13-33(43-36-40-25-31(22-38)35(44-36)29-16-9-5-10-17-29)18-11-6-12-21-46(37(47)41-23-28-14-7-4-8-15-28)34-20-19-30(24-39-34)32-26-42-45(2)27-32/h4-5,7-10,12,14-17,19-21,24-27,33H,3,6,11,13,18,23H2,1-2H3,(H,41,47)(H,40,43,44)/b21-12+. The van der Waals surface area contributed by atoms with E-state index in [4.69, 9.17) is 4.98 Å². The molecule has 0 spiro atoms. The van der Waals surface area contributed by atoms with Gasteiger partial charge in [-0.05, 0) is 43.4 Å². The van der Waals surface area contributed by atoms with Crippen LogP contribution in [0.25, 0.3) is 22.4 Å². The monoisotopic (exact) mass is 625 g/mol. The number of nitriles is 1. The highest BCUT2D eigenvalue weighted by Gasteiger charge is 2.16. The number of aryl methyl sites for hydroxylation is 1. The van der Waals surface area contributed by atoms with Crippen molar-refractivity contribution in [3.63, 3.8) is 0 Å². The summed E-state index contributed by atoms with van der Waals surface area (Å²) in [6, 6.07) is 25.4. The molecule has 1 atom stereocenters. The van der Waals surface area contributed by atoms with Crippen LogP contribution >= 0.6 is 0 Å². The summed E-state index contributed by atoms with van der Waals surface area (Å²) in [6.07, 6.45) is 15.4. The molecule has 0 bridgehead atoms. The van der Waals surface area contributed by atoms with E-state index in [9.17, 15) is 10.1 Å². The van der Waals surface area contributed by atoms with Crippen LogP contribution < -0.4 is 15.5 Å². The van der Waals surface area contributed by atoms with Crippen LogP contribution in [0.3, 0.4) is 0 Å². The number of hydrogen-bond acceptors (Lipinski definition) is 7. The number of benzene rings is 2. The number of anilines is 2. The summed E-state index contributed by atoms with van der Waals surface area (Å²) < 4.78 is 1.75. The Balaban J connectivity index is 1.23. The summed E-state index contributed by atoms with van der Waals surface area (Å²) >= 11 is 0. The number of allylic oxidation sites excluding steroid dienone is 1. The molecule has 0 aliphatic carbocycles. The van der Waals surface area contributed by atoms with E-state index in [-0.39, 0.29) is 12.1 Å². The lowest BCUT2D eigenvalue weighted by atomic mass is 10.0. The molecule has 10 nitrogen and oxygen atoms in total. The lowest BCUT2D eigenvalue weighted by Gasteiger charge is -2.19. The average molecular weight is 626 g/mol. The second-order valence-corrected chi connectivity index (χ2v) is 11.2. The minimum absolute atomic E-state index is 0.164. The van der Waals surface area contributed by atoms with Crippen LogP contribution in [-0.4, -0.2) is 36.8 Å². The van der Waals surface area contributed by atoms with Crippen molar-refractivity contribution in [3.05, 3.63) is 121 Å². The third kappa shape index (κ3) is 9.11. The van der Waals surface area contributed by atoms with Gasteiger partial charge in [0.1, 0.15) is 11.9 Å². The van der Waals surface area contributed by atoms with Crippen molar-refractivity contribution in [1.82, 2.24) is 30.0 Å². The number of urea groups is 1. The zero-order chi connectivity index (χ0) is 32.8. The Kier molecular flexibility index (Phi) is 11.4. The van der Waals surface area contributed by atoms with Gasteiger partial charge in [0.25, 0.3) is 0 Å². The van der Waals surface area contributed by atoms with E-state index in [2.05, 4.69) is 38.7 Å². The van der Waals surface area contributed by atoms with Gasteiger partial charge in [0.05, 0.1) is 23.7 Å². The number of rotatable bonds is 14. The quantitative estimate of drug-likeness (QED) is 0.123. The zero-order valence-electron chi connectivity index (χ0n) is 26.8. The number of carbonyl (C=O) groups excluding carboxylic acids is 1. The summed E-state index contributed by atoms with van der Waals surface area (Å²) in [5.41, 5.74) is 4.84. The molecule has 0 saturated carbocycles. The molecule has 5 rings (SSSR count). The molecule has 238 valence electrons. The van der Waals surface area contributed by atoms with Gasteiger partial charge in [-0.2, -0.15) is 10.4 Å². The molecule has 0 fully saturated rings. The maximum absolute atomic E-state index is 13.4. The van der Waals surface area contributed by atoms with Crippen LogP contribution in [0.1, 0.15) is 50.2 Å². The van der Waals surface area contributed by atoms with E-state index in [0.717, 1.165) is 54.4 Å². The van der Waals surface area contributed by atoms with Crippen molar-refractivity contribution >= 4 is 17.8 Å². The largest absolute Gasteiger partial charge is 0.351 e. The number of amides is 2. The minimum Gasteiger partial charge on any atom is -0.351 e. The summed E-state index contributed by atoms with van der Waals surface area (Å²) in [5.74, 6) is 1.04. The fraction of sp³-hybridized carbons (Fsp3) is 0.243. The minimum atomic E-state index is -0.260. The van der Waals surface area contributed by atoms with Crippen LogP contribution in [0, 0.1) is 11.3 Å². The fourth-order valence-electron chi connectivity index (χ4n) is 5.21. The maximum atomic E-state index is 13.4. The maximum Gasteiger partial charge on any atom is 0.327 e. The third-order valence-corrected chi connectivity index (χ3v) is 7.64. The van der Waals surface area contributed by atoms with E-state index in [0.29, 0.717) is 29.6 Å². The second kappa shape index (κ2) is 16.5. The van der Waals surface area contributed by atoms with Gasteiger partial charge in [-0.1, -0.05) is 80.1 Å². The van der Waals surface area contributed by atoms with Gasteiger partial charge in [-0.3, -0.25) is 9.58 Å². The van der Waals surface area contributed by atoms with Gasteiger partial charge in [-0.15, -0.1) is 0 Å². The van der Waals surface area contributed by atoms with E-state index >= 15 is 0 Å². The topological polar surface area (TPSA) is 125 Å². The van der Waals surface area contributed by atoms with E-state index in [1.165, 1.54) is 0 Å². The smallest absolute Gasteiger partial charge is 0.327 e. The summed E-state index contributed by atoms with van der Waals surface area (Å²) in [4.78, 5) is 28.7. The number of carbonyl (C=O) groups is 1. The highest BCUT2D eigenvalue weighted by atomic mass is 16.2. The van der Waals surface area contributed by atoms with Gasteiger partial charge in [0, 0.05) is 54.9 Å². The zero-order valence-corrected chi connectivity index (χ0v) is 26.8. The molecule has 1 unspecified atom stereocenters. The first-order valence-electron chi connectivity index (χ1n) is 15.9. The molecule has 2 amide bonds. The molecule has 2 N–H and O–H groups in total. The van der Waals surface area contributed by atoms with Crippen LogP contribution in [0.4, 0.5) is 16.6 Å². The number of nitrogens with zero attached hydrogens (tertiary/aromatic N) is 7. The summed E-state index contributed by atoms with van der Waals surface area (Å²) in [6.45, 7) is 2.56. The number of nitrogens with one attached hydrogen (secondary N) is 2. The first kappa shape index (κ1) is 32.6. The molecule has 10 heteroatoms. The Hall–Kier alpha value is -5.82. The molecular weight excluding hydrogens is 586 g/mol. The summed E-state index contributed by atoms with van der Waals surface area (Å²) in [5, 5.41) is 20.3. The first-order chi connectivity index (χ1) is 23.0. The molecule has 0 aliphatic rings. The molecular formula is C37H39N9O. The SMILES string of the molecule is CCCC(CCC/C=C/N(C(=O)NCc1ccccc1)c1ccc(-c2cnn(C)c2)cn1)Nc1ncc(C#N)c(-c2ccccc2)n1. The lowest BCUT2D eigenvalue weighted by Crippen LogP contribution is -2.36. The van der Waals surface area contributed by atoms with Gasteiger partial charge < -0.3 is 10.6 Å². The van der Waals surface area contributed by atoms with Gasteiger partial charge in [-0.25, -0.2) is 19.7 Å². The van der Waals surface area contributed by atoms with Crippen LogP contribution in [0.15, 0.2) is 110 Å². The fourth-order valence-corrected chi connectivity index (χ4v) is 5.21. The Morgan fingerprint density at radius 1 is 0.957 bits per heavy atom. The Labute approximate surface area is 275 Å². The normalized spacial score (nSPS) is 11.6. The Morgan fingerprint density at radius 3 is 2.43 bits per heavy atom. The van der Waals surface area contributed by atoms with Gasteiger partial charge in [0.2, 0.25) is 5.95 Å². The van der Waals surface area contributed by atoms with Crippen molar-refractivity contribution in [1.29, 1.82) is 5.26 Å². The molecule has 5 aromatic rings. The van der Waals surface area contributed by atoms with E-state index in [1.807, 2.05) is 92.1 Å². The van der Waals surface area contributed by atoms with Crippen LogP contribution in [0.2, 0.25) is 0 Å². The van der Waals surface area contributed by atoms with E-state index < -0.39 is 0 Å². The molecule has 0 aliphatic heterocycles. The van der Waals surface area contributed by atoms with Crippen molar-refractivity contribution in [2.45, 2.75) is 51.6 Å². The van der Waals surface area contributed by atoms with E-state index in [1.54, 1.807) is 34.4 Å². The van der Waals surface area contributed by atoms with Crippen LogP contribution in [0.5, 0.6) is 0 Å². The van der Waals surface area contributed by atoms with Crippen molar-refractivity contribution in [3.8, 4) is 28.5 Å². The lowest BCUT2D eigenvalue weighted by molar-refractivity contribution is 0.248. The third-order valence-electron chi connectivity index (χ3n) is 7.64. The van der Waals surface area contributed by atoms with Crippen molar-refractivity contribution in [2.75, 3.05) is 10.2 Å². The predicted molar refractivity (Wildman–Crippen MR) is 185 cm³/mol.